The third-order valence-electron chi connectivity index (χ3n) is 2.33. The molecule has 14 heavy (non-hydrogen) atoms. The van der Waals surface area contributed by atoms with Gasteiger partial charge in [0.2, 0.25) is 0 Å². The molecule has 0 amide bonds. The molecule has 0 N–H and O–H groups in total. The fourth-order valence-corrected chi connectivity index (χ4v) is 1.62. The molecule has 76 valence electrons. The second-order valence-corrected chi connectivity index (χ2v) is 3.42. The third kappa shape index (κ3) is 2.33. The minimum atomic E-state index is -0.516. The monoisotopic (exact) mass is 194 g/mol. The Bertz CT molecular complexity index is 302. The molecule has 4 heteroatoms. The second kappa shape index (κ2) is 4.77. The zero-order valence-electron chi connectivity index (χ0n) is 8.54. The van der Waals surface area contributed by atoms with E-state index in [9.17, 15) is 4.79 Å². The summed E-state index contributed by atoms with van der Waals surface area (Å²) in [5.74, 6) is -0.516. The van der Waals surface area contributed by atoms with Crippen LogP contribution in [0, 0.1) is 11.3 Å². The molecule has 1 saturated heterocycles. The summed E-state index contributed by atoms with van der Waals surface area (Å²) in [5.41, 5.74) is 1.08. The number of ether oxygens (including phenoxy) is 1. The first-order valence-corrected chi connectivity index (χ1v) is 4.58. The third-order valence-corrected chi connectivity index (χ3v) is 2.33. The van der Waals surface area contributed by atoms with Gasteiger partial charge in [0.05, 0.1) is 7.11 Å². The maximum absolute atomic E-state index is 11.2. The summed E-state index contributed by atoms with van der Waals surface area (Å²) >= 11 is 0. The molecule has 1 aliphatic heterocycles. The van der Waals surface area contributed by atoms with Crippen molar-refractivity contribution in [2.75, 3.05) is 27.2 Å². The maximum atomic E-state index is 11.2. The van der Waals surface area contributed by atoms with Gasteiger partial charge in [-0.05, 0) is 32.0 Å². The minimum absolute atomic E-state index is 0.180. The lowest BCUT2D eigenvalue weighted by Crippen LogP contribution is -2.28. The number of carbonyl (C=O) groups excluding carboxylic acids is 1. The molecule has 1 fully saturated rings. The van der Waals surface area contributed by atoms with Crippen LogP contribution in [-0.4, -0.2) is 38.1 Å². The molecular formula is C10H14N2O2. The summed E-state index contributed by atoms with van der Waals surface area (Å²) in [7, 11) is 3.28. The van der Waals surface area contributed by atoms with Crippen molar-refractivity contribution >= 4 is 5.97 Å². The first-order valence-electron chi connectivity index (χ1n) is 4.58. The molecular weight excluding hydrogens is 180 g/mol. The standard InChI is InChI=1S/C10H14N2O2/c1-12-5-3-4-8(7-12)9(6-11)10(13)14-2/h3-5,7H2,1-2H3/b9-8+. The van der Waals surface area contributed by atoms with Crippen molar-refractivity contribution in [3.63, 3.8) is 0 Å². The Balaban J connectivity index is 2.88. The van der Waals surface area contributed by atoms with Gasteiger partial charge in [-0.3, -0.25) is 0 Å². The summed E-state index contributed by atoms with van der Waals surface area (Å²) in [6, 6.07) is 1.92. The first kappa shape index (κ1) is 10.7. The topological polar surface area (TPSA) is 53.3 Å². The number of nitriles is 1. The summed E-state index contributed by atoms with van der Waals surface area (Å²) in [6.07, 6.45) is 1.82. The fraction of sp³-hybridized carbons (Fsp3) is 0.600. The quantitative estimate of drug-likeness (QED) is 0.350. The SMILES string of the molecule is COC(=O)/C(C#N)=C1\CCCN(C)C1. The highest BCUT2D eigenvalue weighted by molar-refractivity contribution is 5.93. The number of hydrogen-bond acceptors (Lipinski definition) is 4. The van der Waals surface area contributed by atoms with Crippen LogP contribution in [0.3, 0.4) is 0 Å². The number of piperidine rings is 1. The fourth-order valence-electron chi connectivity index (χ4n) is 1.62. The average Bonchev–Trinajstić information content (AvgIpc) is 2.19. The van der Waals surface area contributed by atoms with Crippen molar-refractivity contribution in [3.8, 4) is 6.07 Å². The smallest absolute Gasteiger partial charge is 0.348 e. The number of rotatable bonds is 1. The van der Waals surface area contributed by atoms with Crippen molar-refractivity contribution in [2.24, 2.45) is 0 Å². The first-order chi connectivity index (χ1) is 6.69. The Labute approximate surface area is 83.8 Å². The lowest BCUT2D eigenvalue weighted by atomic mass is 10.00. The van der Waals surface area contributed by atoms with E-state index in [1.54, 1.807) is 0 Å². The molecule has 0 aliphatic carbocycles. The predicted molar refractivity (Wildman–Crippen MR) is 51.4 cm³/mol. The van der Waals surface area contributed by atoms with E-state index in [0.29, 0.717) is 6.54 Å². The van der Waals surface area contributed by atoms with E-state index in [-0.39, 0.29) is 5.57 Å². The highest BCUT2D eigenvalue weighted by Crippen LogP contribution is 2.18. The normalized spacial score (nSPS) is 21.2. The van der Waals surface area contributed by atoms with Crippen LogP contribution in [0.5, 0.6) is 0 Å². The van der Waals surface area contributed by atoms with E-state index in [4.69, 9.17) is 5.26 Å². The lowest BCUT2D eigenvalue weighted by molar-refractivity contribution is -0.135. The summed E-state index contributed by atoms with van der Waals surface area (Å²) in [4.78, 5) is 13.3. The van der Waals surface area contributed by atoms with Crippen molar-refractivity contribution in [3.05, 3.63) is 11.1 Å². The van der Waals surface area contributed by atoms with Crippen molar-refractivity contribution < 1.29 is 9.53 Å². The number of carbonyl (C=O) groups is 1. The van der Waals surface area contributed by atoms with Crippen LogP contribution in [0.15, 0.2) is 11.1 Å². The molecule has 0 aromatic rings. The molecule has 1 aliphatic rings. The van der Waals surface area contributed by atoms with E-state index < -0.39 is 5.97 Å². The van der Waals surface area contributed by atoms with E-state index in [1.807, 2.05) is 13.1 Å². The van der Waals surface area contributed by atoms with Gasteiger partial charge >= 0.3 is 5.97 Å². The van der Waals surface area contributed by atoms with Gasteiger partial charge in [0, 0.05) is 6.54 Å². The van der Waals surface area contributed by atoms with Gasteiger partial charge in [-0.2, -0.15) is 5.26 Å². The predicted octanol–water partition coefficient (Wildman–Crippen LogP) is 0.705. The lowest BCUT2D eigenvalue weighted by Gasteiger charge is -2.24. The zero-order chi connectivity index (χ0) is 10.6. The van der Waals surface area contributed by atoms with Crippen molar-refractivity contribution in [1.29, 1.82) is 5.26 Å². The van der Waals surface area contributed by atoms with Crippen LogP contribution in [-0.2, 0) is 9.53 Å². The van der Waals surface area contributed by atoms with Gasteiger partial charge in [-0.25, -0.2) is 4.79 Å². The molecule has 0 unspecified atom stereocenters. The number of hydrogen-bond donors (Lipinski definition) is 0. The highest BCUT2D eigenvalue weighted by atomic mass is 16.5. The van der Waals surface area contributed by atoms with Gasteiger partial charge < -0.3 is 9.64 Å². The summed E-state index contributed by atoms with van der Waals surface area (Å²) < 4.78 is 4.55. The Morgan fingerprint density at radius 2 is 2.36 bits per heavy atom. The summed E-state index contributed by atoms with van der Waals surface area (Å²) in [5, 5.41) is 8.84. The Morgan fingerprint density at radius 3 is 2.86 bits per heavy atom. The van der Waals surface area contributed by atoms with Gasteiger partial charge in [0.25, 0.3) is 0 Å². The Kier molecular flexibility index (Phi) is 3.66. The van der Waals surface area contributed by atoms with Crippen LogP contribution in [0.4, 0.5) is 0 Å². The van der Waals surface area contributed by atoms with Gasteiger partial charge in [0.1, 0.15) is 11.6 Å². The average molecular weight is 194 g/mol. The second-order valence-electron chi connectivity index (χ2n) is 3.42. The van der Waals surface area contributed by atoms with Crippen LogP contribution in [0.25, 0.3) is 0 Å². The molecule has 1 heterocycles. The van der Waals surface area contributed by atoms with E-state index in [1.165, 1.54) is 7.11 Å². The molecule has 1 rings (SSSR count). The number of methoxy groups -OCH3 is 1. The zero-order valence-corrected chi connectivity index (χ0v) is 8.54. The Morgan fingerprint density at radius 1 is 1.64 bits per heavy atom. The van der Waals surface area contributed by atoms with E-state index in [2.05, 4.69) is 9.64 Å². The van der Waals surface area contributed by atoms with E-state index >= 15 is 0 Å². The minimum Gasteiger partial charge on any atom is -0.465 e. The largest absolute Gasteiger partial charge is 0.465 e. The number of likely N-dealkylation sites (tertiary alicyclic amines) is 1. The van der Waals surface area contributed by atoms with Gasteiger partial charge in [-0.15, -0.1) is 0 Å². The van der Waals surface area contributed by atoms with Crippen LogP contribution >= 0.6 is 0 Å². The molecule has 0 radical (unpaired) electrons. The van der Waals surface area contributed by atoms with Gasteiger partial charge in [0.15, 0.2) is 0 Å². The van der Waals surface area contributed by atoms with Crippen LogP contribution in [0.2, 0.25) is 0 Å². The molecule has 0 bridgehead atoms. The molecule has 0 atom stereocenters. The number of nitrogens with zero attached hydrogens (tertiary/aromatic N) is 2. The van der Waals surface area contributed by atoms with E-state index in [0.717, 1.165) is 25.0 Å². The maximum Gasteiger partial charge on any atom is 0.348 e. The molecule has 0 saturated carbocycles. The van der Waals surface area contributed by atoms with Crippen molar-refractivity contribution in [1.82, 2.24) is 4.90 Å². The summed E-state index contributed by atoms with van der Waals surface area (Å²) in [6.45, 7) is 1.71. The Hall–Kier alpha value is -1.34. The number of likely N-dealkylation sites (N-methyl/N-ethyl adjacent to an activating group) is 1. The van der Waals surface area contributed by atoms with Crippen LogP contribution in [0.1, 0.15) is 12.8 Å². The molecule has 0 aromatic heterocycles. The number of esters is 1. The van der Waals surface area contributed by atoms with Crippen LogP contribution < -0.4 is 0 Å². The van der Waals surface area contributed by atoms with Crippen molar-refractivity contribution in [2.45, 2.75) is 12.8 Å². The molecule has 4 nitrogen and oxygen atoms in total. The molecule has 0 aromatic carbocycles. The highest BCUT2D eigenvalue weighted by Gasteiger charge is 2.19. The van der Waals surface area contributed by atoms with Gasteiger partial charge in [-0.1, -0.05) is 0 Å². The molecule has 0 spiro atoms.